The fourth-order valence-electron chi connectivity index (χ4n) is 3.54. The molecule has 0 saturated carbocycles. The third-order valence-electron chi connectivity index (χ3n) is 4.89. The largest absolute Gasteiger partial charge is 0.385 e. The molecule has 1 heterocycles. The quantitative estimate of drug-likeness (QED) is 0.844. The van der Waals surface area contributed by atoms with Crippen molar-refractivity contribution in [3.05, 3.63) is 58.1 Å². The van der Waals surface area contributed by atoms with E-state index in [2.05, 4.69) is 16.0 Å². The van der Waals surface area contributed by atoms with Gasteiger partial charge in [0.05, 0.1) is 18.4 Å². The second kappa shape index (κ2) is 8.14. The molecule has 1 aromatic heterocycles. The summed E-state index contributed by atoms with van der Waals surface area (Å²) < 4.78 is 0. The molecule has 138 valence electrons. The molecule has 0 radical (unpaired) electrons. The van der Waals surface area contributed by atoms with Crippen LogP contribution in [0, 0.1) is 12.8 Å². The number of fused-ring (bicyclic) bond motifs is 1. The van der Waals surface area contributed by atoms with E-state index >= 15 is 0 Å². The first-order chi connectivity index (χ1) is 12.5. The zero-order valence-corrected chi connectivity index (χ0v) is 15.9. The number of aliphatic hydroxyl groups is 1. The van der Waals surface area contributed by atoms with Crippen LogP contribution in [-0.2, 0) is 17.6 Å². The molecule has 0 bridgehead atoms. The maximum Gasteiger partial charge on any atom is 0.226 e. The van der Waals surface area contributed by atoms with Crippen molar-refractivity contribution in [1.82, 2.24) is 14.9 Å². The number of carbonyl (C=O) groups excluding carboxylic acids is 1. The van der Waals surface area contributed by atoms with Crippen LogP contribution >= 0.6 is 11.6 Å². The van der Waals surface area contributed by atoms with E-state index in [1.807, 2.05) is 19.9 Å². The van der Waals surface area contributed by atoms with E-state index < -0.39 is 6.10 Å². The van der Waals surface area contributed by atoms with E-state index in [0.29, 0.717) is 18.7 Å². The Labute approximate surface area is 159 Å². The highest BCUT2D eigenvalue weighted by Gasteiger charge is 2.32. The van der Waals surface area contributed by atoms with E-state index in [0.717, 1.165) is 29.0 Å². The van der Waals surface area contributed by atoms with Gasteiger partial charge in [0.15, 0.2) is 0 Å². The highest BCUT2D eigenvalue weighted by Crippen LogP contribution is 2.32. The van der Waals surface area contributed by atoms with Crippen LogP contribution in [0.3, 0.4) is 0 Å². The first-order valence-electron chi connectivity index (χ1n) is 9.00. The lowest BCUT2D eigenvalue weighted by Gasteiger charge is -2.27. The van der Waals surface area contributed by atoms with Crippen molar-refractivity contribution in [2.75, 3.05) is 13.1 Å². The first-order valence-corrected chi connectivity index (χ1v) is 9.38. The highest BCUT2D eigenvalue weighted by molar-refractivity contribution is 6.31. The fraction of sp³-hybridized carbons (Fsp3) is 0.450. The van der Waals surface area contributed by atoms with Crippen LogP contribution in [0.5, 0.6) is 0 Å². The molecular formula is C20H24ClN3O2. The number of halogens is 1. The summed E-state index contributed by atoms with van der Waals surface area (Å²) in [5.74, 6) is -0.0109. The van der Waals surface area contributed by atoms with E-state index in [1.165, 1.54) is 11.8 Å². The molecule has 6 heteroatoms. The standard InChI is InChI=1S/C20H24ClN3O2/c1-3-6-24(12-19(25)18-11-22-4-5-23-18)20(26)16-8-14-7-13(2)17(21)10-15(14)9-16/h4-5,7,10-11,16,19,25H,3,6,8-9,12H2,1-2H3. The Morgan fingerprint density at radius 1 is 1.35 bits per heavy atom. The molecule has 26 heavy (non-hydrogen) atoms. The zero-order chi connectivity index (χ0) is 18.7. The number of aryl methyl sites for hydroxylation is 1. The van der Waals surface area contributed by atoms with Gasteiger partial charge in [-0.2, -0.15) is 0 Å². The van der Waals surface area contributed by atoms with Gasteiger partial charge in [-0.3, -0.25) is 14.8 Å². The van der Waals surface area contributed by atoms with Gasteiger partial charge in [-0.1, -0.05) is 24.6 Å². The summed E-state index contributed by atoms with van der Waals surface area (Å²) in [7, 11) is 0. The number of amides is 1. The molecule has 0 spiro atoms. The van der Waals surface area contributed by atoms with Crippen LogP contribution in [-0.4, -0.2) is 39.0 Å². The summed E-state index contributed by atoms with van der Waals surface area (Å²) in [4.78, 5) is 23.0. The Bertz CT molecular complexity index is 751. The average Bonchev–Trinajstić information content (AvgIpc) is 3.04. The lowest BCUT2D eigenvalue weighted by molar-refractivity contribution is -0.136. The highest BCUT2D eigenvalue weighted by atomic mass is 35.5. The zero-order valence-electron chi connectivity index (χ0n) is 15.2. The monoisotopic (exact) mass is 373 g/mol. The number of hydrogen-bond donors (Lipinski definition) is 1. The van der Waals surface area contributed by atoms with Gasteiger partial charge in [-0.15, -0.1) is 0 Å². The minimum atomic E-state index is -0.834. The van der Waals surface area contributed by atoms with E-state index in [4.69, 9.17) is 11.6 Å². The number of nitrogens with zero attached hydrogens (tertiary/aromatic N) is 3. The van der Waals surface area contributed by atoms with Crippen LogP contribution in [0.25, 0.3) is 0 Å². The lowest BCUT2D eigenvalue weighted by Crippen LogP contribution is -2.40. The molecule has 2 aromatic rings. The van der Waals surface area contributed by atoms with Crippen molar-refractivity contribution in [2.24, 2.45) is 5.92 Å². The number of aromatic nitrogens is 2. The summed E-state index contributed by atoms with van der Waals surface area (Å²) in [6, 6.07) is 4.07. The smallest absolute Gasteiger partial charge is 0.226 e. The third kappa shape index (κ3) is 4.05. The number of hydrogen-bond acceptors (Lipinski definition) is 4. The van der Waals surface area contributed by atoms with Gasteiger partial charge in [-0.05, 0) is 48.9 Å². The van der Waals surface area contributed by atoms with Gasteiger partial charge in [0.1, 0.15) is 6.10 Å². The maximum absolute atomic E-state index is 13.1. The van der Waals surface area contributed by atoms with Crippen molar-refractivity contribution >= 4 is 17.5 Å². The second-order valence-corrected chi connectivity index (χ2v) is 7.31. The predicted octanol–water partition coefficient (Wildman–Crippen LogP) is 3.13. The van der Waals surface area contributed by atoms with Crippen LogP contribution in [0.1, 0.15) is 41.8 Å². The normalized spacial score (nSPS) is 17.0. The molecule has 0 fully saturated rings. The van der Waals surface area contributed by atoms with Crippen molar-refractivity contribution in [1.29, 1.82) is 0 Å². The van der Waals surface area contributed by atoms with Crippen LogP contribution < -0.4 is 0 Å². The van der Waals surface area contributed by atoms with Gasteiger partial charge in [0.2, 0.25) is 5.91 Å². The van der Waals surface area contributed by atoms with E-state index in [1.54, 1.807) is 17.3 Å². The molecule has 3 rings (SSSR count). The summed E-state index contributed by atoms with van der Waals surface area (Å²) in [5, 5.41) is 11.2. The van der Waals surface area contributed by atoms with Crippen molar-refractivity contribution in [3.8, 4) is 0 Å². The van der Waals surface area contributed by atoms with Gasteiger partial charge < -0.3 is 10.0 Å². The van der Waals surface area contributed by atoms with Gasteiger partial charge >= 0.3 is 0 Å². The molecule has 1 aromatic carbocycles. The molecule has 0 aliphatic heterocycles. The Balaban J connectivity index is 1.71. The second-order valence-electron chi connectivity index (χ2n) is 6.91. The molecule has 0 saturated heterocycles. The lowest BCUT2D eigenvalue weighted by atomic mass is 10.0. The van der Waals surface area contributed by atoms with Gasteiger partial charge in [0, 0.05) is 29.9 Å². The molecule has 2 atom stereocenters. The summed E-state index contributed by atoms with van der Waals surface area (Å²) in [5.41, 5.74) is 3.89. The molecule has 2 unspecified atom stereocenters. The van der Waals surface area contributed by atoms with Crippen LogP contribution in [0.2, 0.25) is 5.02 Å². The van der Waals surface area contributed by atoms with Crippen LogP contribution in [0.4, 0.5) is 0 Å². The molecule has 1 aliphatic rings. The minimum Gasteiger partial charge on any atom is -0.385 e. The van der Waals surface area contributed by atoms with Crippen molar-refractivity contribution in [2.45, 2.75) is 39.2 Å². The number of aliphatic hydroxyl groups excluding tert-OH is 1. The number of carbonyl (C=O) groups is 1. The Hall–Kier alpha value is -1.98. The molecule has 5 nitrogen and oxygen atoms in total. The molecule has 1 amide bonds. The van der Waals surface area contributed by atoms with Crippen LogP contribution in [0.15, 0.2) is 30.7 Å². The van der Waals surface area contributed by atoms with E-state index in [9.17, 15) is 9.90 Å². The van der Waals surface area contributed by atoms with E-state index in [-0.39, 0.29) is 18.4 Å². The Morgan fingerprint density at radius 2 is 2.08 bits per heavy atom. The molecule has 1 N–H and O–H groups in total. The van der Waals surface area contributed by atoms with Gasteiger partial charge in [-0.25, -0.2) is 0 Å². The number of rotatable bonds is 6. The fourth-order valence-corrected chi connectivity index (χ4v) is 3.73. The maximum atomic E-state index is 13.1. The molecule has 1 aliphatic carbocycles. The molecular weight excluding hydrogens is 350 g/mol. The van der Waals surface area contributed by atoms with Gasteiger partial charge in [0.25, 0.3) is 0 Å². The minimum absolute atomic E-state index is 0.0831. The topological polar surface area (TPSA) is 66.3 Å². The number of benzene rings is 1. The predicted molar refractivity (Wildman–Crippen MR) is 101 cm³/mol. The first kappa shape index (κ1) is 18.8. The average molecular weight is 374 g/mol. The Morgan fingerprint density at radius 3 is 2.73 bits per heavy atom. The SMILES string of the molecule is CCCN(CC(O)c1cnccn1)C(=O)C1Cc2cc(C)c(Cl)cc2C1. The summed E-state index contributed by atoms with van der Waals surface area (Å²) >= 11 is 6.23. The Kier molecular flexibility index (Phi) is 5.89. The third-order valence-corrected chi connectivity index (χ3v) is 5.29. The summed E-state index contributed by atoms with van der Waals surface area (Å²) in [6.07, 6.45) is 6.08. The van der Waals surface area contributed by atoms with Crippen molar-refractivity contribution in [3.63, 3.8) is 0 Å². The summed E-state index contributed by atoms with van der Waals surface area (Å²) in [6.45, 7) is 4.86. The van der Waals surface area contributed by atoms with Crippen molar-refractivity contribution < 1.29 is 9.90 Å².